The Kier molecular flexibility index (Phi) is 3.03. The molecule has 0 aliphatic carbocycles. The quantitative estimate of drug-likeness (QED) is 0.775. The Bertz CT molecular complexity index is 774. The molecule has 0 aliphatic heterocycles. The summed E-state index contributed by atoms with van der Waals surface area (Å²) in [5.41, 5.74) is 9.22. The number of halogens is 1. The summed E-state index contributed by atoms with van der Waals surface area (Å²) in [6, 6.07) is 12.6. The smallest absolute Gasteiger partial charge is 0.143 e. The van der Waals surface area contributed by atoms with E-state index in [1.165, 1.54) is 6.07 Å². The average molecular weight is 269 g/mol. The van der Waals surface area contributed by atoms with Crippen molar-refractivity contribution < 1.29 is 4.39 Å². The molecule has 3 rings (SSSR count). The van der Waals surface area contributed by atoms with Crippen LogP contribution in [0.2, 0.25) is 0 Å². The van der Waals surface area contributed by atoms with E-state index < -0.39 is 0 Å². The molecule has 0 saturated heterocycles. The minimum atomic E-state index is -0.265. The summed E-state index contributed by atoms with van der Waals surface area (Å²) in [5.74, 6) is 0.359. The largest absolute Gasteiger partial charge is 0.327 e. The number of aromatic nitrogens is 2. The van der Waals surface area contributed by atoms with Crippen molar-refractivity contribution in [3.63, 3.8) is 0 Å². The molecule has 0 aliphatic rings. The molecule has 0 bridgehead atoms. The second-order valence-electron chi connectivity index (χ2n) is 5.01. The van der Waals surface area contributed by atoms with Gasteiger partial charge in [-0.25, -0.2) is 9.37 Å². The van der Waals surface area contributed by atoms with E-state index in [2.05, 4.69) is 4.98 Å². The molecule has 20 heavy (non-hydrogen) atoms. The predicted octanol–water partition coefficient (Wildman–Crippen LogP) is 3.40. The second kappa shape index (κ2) is 4.72. The SMILES string of the molecule is CC(N)c1ccc2c(c1)nc(-c1ccccc1F)n2C. The van der Waals surface area contributed by atoms with E-state index >= 15 is 0 Å². The molecule has 1 atom stereocenters. The summed E-state index contributed by atoms with van der Waals surface area (Å²) < 4.78 is 15.8. The Morgan fingerprint density at radius 1 is 1.20 bits per heavy atom. The Balaban J connectivity index is 2.23. The van der Waals surface area contributed by atoms with E-state index in [1.54, 1.807) is 12.1 Å². The zero-order valence-corrected chi connectivity index (χ0v) is 11.5. The van der Waals surface area contributed by atoms with Gasteiger partial charge in [-0.15, -0.1) is 0 Å². The number of benzene rings is 2. The van der Waals surface area contributed by atoms with E-state index in [1.807, 2.05) is 42.8 Å². The standard InChI is InChI=1S/C16H16FN3/c1-10(18)11-7-8-15-14(9-11)19-16(20(15)2)12-5-3-4-6-13(12)17/h3-10H,18H2,1-2H3. The third kappa shape index (κ3) is 1.98. The first kappa shape index (κ1) is 12.8. The number of fused-ring (bicyclic) bond motifs is 1. The minimum absolute atomic E-state index is 0.0432. The summed E-state index contributed by atoms with van der Waals surface area (Å²) in [6.07, 6.45) is 0. The van der Waals surface area contributed by atoms with Crippen LogP contribution in [0.3, 0.4) is 0 Å². The van der Waals surface area contributed by atoms with Crippen LogP contribution in [0.25, 0.3) is 22.4 Å². The molecule has 102 valence electrons. The van der Waals surface area contributed by atoms with Crippen molar-refractivity contribution in [3.8, 4) is 11.4 Å². The van der Waals surface area contributed by atoms with Crippen LogP contribution in [0.4, 0.5) is 4.39 Å². The Hall–Kier alpha value is -2.20. The number of imidazole rings is 1. The average Bonchev–Trinajstić information content (AvgIpc) is 2.76. The van der Waals surface area contributed by atoms with Crippen molar-refractivity contribution in [3.05, 3.63) is 53.8 Å². The van der Waals surface area contributed by atoms with Crippen LogP contribution in [0.1, 0.15) is 18.5 Å². The van der Waals surface area contributed by atoms with Gasteiger partial charge in [0, 0.05) is 13.1 Å². The molecular weight excluding hydrogens is 253 g/mol. The van der Waals surface area contributed by atoms with E-state index in [0.29, 0.717) is 11.4 Å². The lowest BCUT2D eigenvalue weighted by molar-refractivity contribution is 0.629. The number of rotatable bonds is 2. The van der Waals surface area contributed by atoms with Gasteiger partial charge in [0.15, 0.2) is 0 Å². The van der Waals surface area contributed by atoms with Gasteiger partial charge in [0.2, 0.25) is 0 Å². The van der Waals surface area contributed by atoms with Gasteiger partial charge >= 0.3 is 0 Å². The van der Waals surface area contributed by atoms with Gasteiger partial charge in [0.25, 0.3) is 0 Å². The van der Waals surface area contributed by atoms with Gasteiger partial charge in [-0.1, -0.05) is 18.2 Å². The van der Waals surface area contributed by atoms with Crippen LogP contribution in [-0.4, -0.2) is 9.55 Å². The molecule has 4 heteroatoms. The molecule has 0 fully saturated rings. The number of hydrogen-bond donors (Lipinski definition) is 1. The van der Waals surface area contributed by atoms with E-state index in [4.69, 9.17) is 5.73 Å². The molecule has 1 heterocycles. The number of aryl methyl sites for hydroxylation is 1. The van der Waals surface area contributed by atoms with Crippen LogP contribution in [0.15, 0.2) is 42.5 Å². The summed E-state index contributed by atoms with van der Waals surface area (Å²) in [4.78, 5) is 4.55. The molecule has 3 nitrogen and oxygen atoms in total. The lowest BCUT2D eigenvalue weighted by Gasteiger charge is -2.05. The molecule has 0 saturated carbocycles. The zero-order chi connectivity index (χ0) is 14.3. The van der Waals surface area contributed by atoms with Gasteiger partial charge in [-0.2, -0.15) is 0 Å². The highest BCUT2D eigenvalue weighted by molar-refractivity contribution is 5.81. The lowest BCUT2D eigenvalue weighted by Crippen LogP contribution is -2.04. The van der Waals surface area contributed by atoms with Crippen molar-refractivity contribution >= 4 is 11.0 Å². The Labute approximate surface area is 116 Å². The predicted molar refractivity (Wildman–Crippen MR) is 78.7 cm³/mol. The van der Waals surface area contributed by atoms with Crippen molar-refractivity contribution in [2.75, 3.05) is 0 Å². The maximum atomic E-state index is 13.9. The van der Waals surface area contributed by atoms with E-state index in [0.717, 1.165) is 16.6 Å². The Morgan fingerprint density at radius 2 is 1.95 bits per heavy atom. The molecule has 3 aromatic rings. The normalized spacial score (nSPS) is 12.8. The maximum Gasteiger partial charge on any atom is 0.143 e. The van der Waals surface area contributed by atoms with Crippen LogP contribution in [0, 0.1) is 5.82 Å². The van der Waals surface area contributed by atoms with Gasteiger partial charge in [0.1, 0.15) is 11.6 Å². The fourth-order valence-corrected chi connectivity index (χ4v) is 2.38. The topological polar surface area (TPSA) is 43.8 Å². The second-order valence-corrected chi connectivity index (χ2v) is 5.01. The molecular formula is C16H16FN3. The fourth-order valence-electron chi connectivity index (χ4n) is 2.38. The summed E-state index contributed by atoms with van der Waals surface area (Å²) in [7, 11) is 1.89. The molecule has 1 aromatic heterocycles. The highest BCUT2D eigenvalue weighted by atomic mass is 19.1. The fraction of sp³-hybridized carbons (Fsp3) is 0.188. The molecule has 0 amide bonds. The van der Waals surface area contributed by atoms with Gasteiger partial charge in [-0.3, -0.25) is 0 Å². The summed E-state index contributed by atoms with van der Waals surface area (Å²) in [5, 5.41) is 0. The van der Waals surface area contributed by atoms with Crippen molar-refractivity contribution in [2.24, 2.45) is 12.8 Å². The molecule has 2 aromatic carbocycles. The monoisotopic (exact) mass is 269 g/mol. The lowest BCUT2D eigenvalue weighted by atomic mass is 10.1. The Morgan fingerprint density at radius 3 is 2.65 bits per heavy atom. The minimum Gasteiger partial charge on any atom is -0.327 e. The summed E-state index contributed by atoms with van der Waals surface area (Å²) >= 11 is 0. The first-order valence-electron chi connectivity index (χ1n) is 6.55. The van der Waals surface area contributed by atoms with Crippen LogP contribution >= 0.6 is 0 Å². The first-order valence-corrected chi connectivity index (χ1v) is 6.55. The van der Waals surface area contributed by atoms with Gasteiger partial charge in [-0.05, 0) is 36.8 Å². The molecule has 2 N–H and O–H groups in total. The van der Waals surface area contributed by atoms with Gasteiger partial charge < -0.3 is 10.3 Å². The van der Waals surface area contributed by atoms with E-state index in [-0.39, 0.29) is 11.9 Å². The van der Waals surface area contributed by atoms with Gasteiger partial charge in [0.05, 0.1) is 16.6 Å². The number of nitrogens with two attached hydrogens (primary N) is 1. The summed E-state index contributed by atoms with van der Waals surface area (Å²) in [6.45, 7) is 1.93. The van der Waals surface area contributed by atoms with Crippen molar-refractivity contribution in [1.82, 2.24) is 9.55 Å². The number of hydrogen-bond acceptors (Lipinski definition) is 2. The highest BCUT2D eigenvalue weighted by Gasteiger charge is 2.13. The molecule has 0 spiro atoms. The third-order valence-electron chi connectivity index (χ3n) is 3.55. The first-order chi connectivity index (χ1) is 9.58. The van der Waals surface area contributed by atoms with E-state index in [9.17, 15) is 4.39 Å². The third-order valence-corrected chi connectivity index (χ3v) is 3.55. The molecule has 1 unspecified atom stereocenters. The van der Waals surface area contributed by atoms with Crippen LogP contribution in [0.5, 0.6) is 0 Å². The maximum absolute atomic E-state index is 13.9. The molecule has 0 radical (unpaired) electrons. The van der Waals surface area contributed by atoms with Crippen LogP contribution < -0.4 is 5.73 Å². The number of nitrogens with zero attached hydrogens (tertiary/aromatic N) is 2. The zero-order valence-electron chi connectivity index (χ0n) is 11.5. The van der Waals surface area contributed by atoms with Crippen molar-refractivity contribution in [1.29, 1.82) is 0 Å². The van der Waals surface area contributed by atoms with Crippen LogP contribution in [-0.2, 0) is 7.05 Å². The van der Waals surface area contributed by atoms with Crippen molar-refractivity contribution in [2.45, 2.75) is 13.0 Å². The highest BCUT2D eigenvalue weighted by Crippen LogP contribution is 2.27.